The highest BCUT2D eigenvalue weighted by atomic mass is 32.1. The highest BCUT2D eigenvalue weighted by Gasteiger charge is 2.17. The maximum Gasteiger partial charge on any atom is 0.0928 e. The van der Waals surface area contributed by atoms with Gasteiger partial charge in [-0.15, -0.1) is 11.3 Å². The van der Waals surface area contributed by atoms with Crippen LogP contribution in [0, 0.1) is 5.92 Å². The van der Waals surface area contributed by atoms with E-state index in [4.69, 9.17) is 4.98 Å². The molecule has 0 aliphatic heterocycles. The highest BCUT2D eigenvalue weighted by molar-refractivity contribution is 7.09. The molecule has 0 amide bonds. The van der Waals surface area contributed by atoms with Crippen LogP contribution in [0.25, 0.3) is 0 Å². The Bertz CT molecular complexity index is 325. The van der Waals surface area contributed by atoms with Gasteiger partial charge in [-0.25, -0.2) is 4.98 Å². The van der Waals surface area contributed by atoms with Gasteiger partial charge in [-0.05, 0) is 31.8 Å². The molecule has 0 spiro atoms. The molecular weight excluding hydrogens is 228 g/mol. The molecule has 0 bridgehead atoms. The van der Waals surface area contributed by atoms with E-state index in [1.807, 2.05) is 11.3 Å². The van der Waals surface area contributed by atoms with Crippen molar-refractivity contribution in [2.75, 3.05) is 13.1 Å². The van der Waals surface area contributed by atoms with Crippen LogP contribution in [-0.4, -0.2) is 18.1 Å². The van der Waals surface area contributed by atoms with Crippen molar-refractivity contribution in [3.05, 3.63) is 16.1 Å². The van der Waals surface area contributed by atoms with E-state index in [0.29, 0.717) is 0 Å². The minimum Gasteiger partial charge on any atom is -0.317 e. The molecule has 1 unspecified atom stereocenters. The van der Waals surface area contributed by atoms with Gasteiger partial charge in [0.05, 0.1) is 10.7 Å². The quantitative estimate of drug-likeness (QED) is 0.838. The first-order valence-electron chi connectivity index (χ1n) is 6.59. The Kier molecular flexibility index (Phi) is 5.60. The monoisotopic (exact) mass is 254 g/mol. The van der Waals surface area contributed by atoms with Crippen molar-refractivity contribution in [3.63, 3.8) is 0 Å². The lowest BCUT2D eigenvalue weighted by Crippen LogP contribution is -2.20. The molecule has 1 aromatic heterocycles. The highest BCUT2D eigenvalue weighted by Crippen LogP contribution is 2.24. The smallest absolute Gasteiger partial charge is 0.0928 e. The first-order chi connectivity index (χ1) is 7.93. The largest absolute Gasteiger partial charge is 0.317 e. The summed E-state index contributed by atoms with van der Waals surface area (Å²) in [5.41, 5.74) is 1.42. The van der Waals surface area contributed by atoms with E-state index in [-0.39, 0.29) is 5.41 Å². The number of nitrogens with zero attached hydrogens (tertiary/aromatic N) is 1. The molecule has 1 rings (SSSR count). The fourth-order valence-corrected chi connectivity index (χ4v) is 2.67. The van der Waals surface area contributed by atoms with Gasteiger partial charge in [0.1, 0.15) is 0 Å². The Hall–Kier alpha value is -0.410. The fraction of sp³-hybridized carbons (Fsp3) is 0.786. The van der Waals surface area contributed by atoms with Crippen molar-refractivity contribution < 1.29 is 0 Å². The van der Waals surface area contributed by atoms with E-state index in [1.54, 1.807) is 0 Å². The number of nitrogens with one attached hydrogen (secondary N) is 1. The van der Waals surface area contributed by atoms with E-state index in [1.165, 1.54) is 17.1 Å². The standard InChI is InChI=1S/C14H26N2S/c1-6-15-9-11(2)7-8-13-16-12(10-17-13)14(3,4)5/h10-11,15H,6-9H2,1-5H3. The van der Waals surface area contributed by atoms with Crippen molar-refractivity contribution in [1.82, 2.24) is 10.3 Å². The zero-order chi connectivity index (χ0) is 12.9. The van der Waals surface area contributed by atoms with E-state index >= 15 is 0 Å². The van der Waals surface area contributed by atoms with Gasteiger partial charge < -0.3 is 5.32 Å². The number of rotatable bonds is 6. The summed E-state index contributed by atoms with van der Waals surface area (Å²) in [6.45, 7) is 13.3. The van der Waals surface area contributed by atoms with Crippen LogP contribution in [0.5, 0.6) is 0 Å². The average Bonchev–Trinajstić information content (AvgIpc) is 2.71. The van der Waals surface area contributed by atoms with Gasteiger partial charge in [0.2, 0.25) is 0 Å². The Morgan fingerprint density at radius 2 is 2.12 bits per heavy atom. The second-order valence-corrected chi connectivity index (χ2v) is 6.77. The molecule has 1 heterocycles. The Morgan fingerprint density at radius 3 is 2.65 bits per heavy atom. The van der Waals surface area contributed by atoms with Crippen molar-refractivity contribution in [3.8, 4) is 0 Å². The van der Waals surface area contributed by atoms with Gasteiger partial charge in [-0.3, -0.25) is 0 Å². The third-order valence-electron chi connectivity index (χ3n) is 2.91. The molecule has 3 heteroatoms. The lowest BCUT2D eigenvalue weighted by molar-refractivity contribution is 0.487. The van der Waals surface area contributed by atoms with Crippen LogP contribution in [-0.2, 0) is 11.8 Å². The Morgan fingerprint density at radius 1 is 1.41 bits per heavy atom. The Balaban J connectivity index is 2.40. The molecule has 0 aliphatic carbocycles. The van der Waals surface area contributed by atoms with Crippen LogP contribution >= 0.6 is 11.3 Å². The molecule has 0 saturated heterocycles. The molecular formula is C14H26N2S. The van der Waals surface area contributed by atoms with Crippen molar-refractivity contribution in [2.45, 2.75) is 52.9 Å². The number of hydrogen-bond donors (Lipinski definition) is 1. The third kappa shape index (κ3) is 5.17. The predicted octanol–water partition coefficient (Wildman–Crippen LogP) is 3.62. The predicted molar refractivity (Wildman–Crippen MR) is 76.8 cm³/mol. The normalized spacial score (nSPS) is 13.9. The maximum absolute atomic E-state index is 4.73. The zero-order valence-corrected chi connectivity index (χ0v) is 12.7. The summed E-state index contributed by atoms with van der Waals surface area (Å²) in [7, 11) is 0. The summed E-state index contributed by atoms with van der Waals surface area (Å²) in [4.78, 5) is 4.73. The van der Waals surface area contributed by atoms with Gasteiger partial charge in [0, 0.05) is 10.8 Å². The molecule has 1 aromatic rings. The van der Waals surface area contributed by atoms with E-state index in [2.05, 4.69) is 45.3 Å². The SMILES string of the molecule is CCNCC(C)CCc1nc(C(C)(C)C)cs1. The number of hydrogen-bond acceptors (Lipinski definition) is 3. The first-order valence-corrected chi connectivity index (χ1v) is 7.47. The van der Waals surface area contributed by atoms with Crippen molar-refractivity contribution >= 4 is 11.3 Å². The Labute approximate surface area is 110 Å². The van der Waals surface area contributed by atoms with Gasteiger partial charge in [0.25, 0.3) is 0 Å². The second-order valence-electron chi connectivity index (χ2n) is 5.83. The minimum atomic E-state index is 0.185. The summed E-state index contributed by atoms with van der Waals surface area (Å²) < 4.78 is 0. The number of aromatic nitrogens is 1. The molecule has 98 valence electrons. The number of thiazole rings is 1. The maximum atomic E-state index is 4.73. The molecule has 2 nitrogen and oxygen atoms in total. The summed E-state index contributed by atoms with van der Waals surface area (Å²) >= 11 is 1.81. The van der Waals surface area contributed by atoms with Crippen LogP contribution in [0.1, 0.15) is 51.7 Å². The summed E-state index contributed by atoms with van der Waals surface area (Å²) in [6, 6.07) is 0. The van der Waals surface area contributed by atoms with Gasteiger partial charge >= 0.3 is 0 Å². The minimum absolute atomic E-state index is 0.185. The first kappa shape index (κ1) is 14.7. The average molecular weight is 254 g/mol. The zero-order valence-electron chi connectivity index (χ0n) is 11.8. The van der Waals surface area contributed by atoms with E-state index in [0.717, 1.165) is 25.4 Å². The van der Waals surface area contributed by atoms with Crippen molar-refractivity contribution in [1.29, 1.82) is 0 Å². The van der Waals surface area contributed by atoms with Crippen LogP contribution < -0.4 is 5.32 Å². The van der Waals surface area contributed by atoms with Crippen LogP contribution in [0.2, 0.25) is 0 Å². The molecule has 0 aliphatic rings. The molecule has 17 heavy (non-hydrogen) atoms. The molecule has 1 atom stereocenters. The topological polar surface area (TPSA) is 24.9 Å². The summed E-state index contributed by atoms with van der Waals surface area (Å²) in [5, 5.41) is 6.90. The van der Waals surface area contributed by atoms with Crippen molar-refractivity contribution in [2.24, 2.45) is 5.92 Å². The second kappa shape index (κ2) is 6.50. The molecule has 0 radical (unpaired) electrons. The third-order valence-corrected chi connectivity index (χ3v) is 3.82. The summed E-state index contributed by atoms with van der Waals surface area (Å²) in [5.74, 6) is 0.733. The van der Waals surface area contributed by atoms with E-state index < -0.39 is 0 Å². The van der Waals surface area contributed by atoms with Crippen LogP contribution in [0.3, 0.4) is 0 Å². The molecule has 0 fully saturated rings. The molecule has 1 N–H and O–H groups in total. The number of aryl methyl sites for hydroxylation is 1. The molecule has 0 aromatic carbocycles. The van der Waals surface area contributed by atoms with Crippen LogP contribution in [0.4, 0.5) is 0 Å². The van der Waals surface area contributed by atoms with Gasteiger partial charge in [0.15, 0.2) is 0 Å². The van der Waals surface area contributed by atoms with Gasteiger partial charge in [-0.1, -0.05) is 34.6 Å². The van der Waals surface area contributed by atoms with Gasteiger partial charge in [-0.2, -0.15) is 0 Å². The molecule has 0 saturated carbocycles. The van der Waals surface area contributed by atoms with E-state index in [9.17, 15) is 0 Å². The lowest BCUT2D eigenvalue weighted by atomic mass is 9.93. The summed E-state index contributed by atoms with van der Waals surface area (Å²) in [6.07, 6.45) is 2.34. The lowest BCUT2D eigenvalue weighted by Gasteiger charge is -2.14. The fourth-order valence-electron chi connectivity index (χ4n) is 1.63. The van der Waals surface area contributed by atoms with Crippen LogP contribution in [0.15, 0.2) is 5.38 Å².